The van der Waals surface area contributed by atoms with Crippen LogP contribution in [0.15, 0.2) is 11.1 Å². The van der Waals surface area contributed by atoms with Gasteiger partial charge in [-0.15, -0.1) is 0 Å². The largest absolute Gasteiger partial charge is 0.295 e. The van der Waals surface area contributed by atoms with Crippen LogP contribution in [0, 0.1) is 11.8 Å². The molecule has 0 aliphatic heterocycles. The lowest BCUT2D eigenvalue weighted by Gasteiger charge is -1.94. The maximum Gasteiger partial charge on any atom is 0.202 e. The lowest BCUT2D eigenvalue weighted by Crippen LogP contribution is -1.92. The van der Waals surface area contributed by atoms with Crippen molar-refractivity contribution >= 4 is 11.6 Å². The number of rotatable bonds is 1. The van der Waals surface area contributed by atoms with Gasteiger partial charge in [0.05, 0.1) is 0 Å². The van der Waals surface area contributed by atoms with Crippen LogP contribution in [0.2, 0.25) is 0 Å². The monoisotopic (exact) mass is 210 g/mol. The first-order valence-electron chi connectivity index (χ1n) is 4.41. The average Bonchev–Trinajstić information content (AvgIpc) is 2.03. The molecule has 15 heavy (non-hydrogen) atoms. The summed E-state index contributed by atoms with van der Waals surface area (Å²) in [7, 11) is 0. The van der Waals surface area contributed by atoms with E-state index in [1.165, 1.54) is 6.92 Å². The van der Waals surface area contributed by atoms with Crippen molar-refractivity contribution in [2.45, 2.75) is 49.0 Å². The first-order valence-corrected chi connectivity index (χ1v) is 4.41. The lowest BCUT2D eigenvalue weighted by atomic mass is 10.1. The van der Waals surface area contributed by atoms with E-state index in [9.17, 15) is 9.59 Å². The van der Waals surface area contributed by atoms with Crippen LogP contribution in [0.1, 0.15) is 49.0 Å². The first kappa shape index (κ1) is 19.2. The van der Waals surface area contributed by atoms with Crippen LogP contribution < -0.4 is 0 Å². The Balaban J connectivity index is -0.000000187. The summed E-state index contributed by atoms with van der Waals surface area (Å²) in [5, 5.41) is 0. The molecule has 86 valence electrons. The van der Waals surface area contributed by atoms with Crippen LogP contribution in [0.5, 0.6) is 0 Å². The summed E-state index contributed by atoms with van der Waals surface area (Å²) in [5.41, 5.74) is 1.99. The minimum absolute atomic E-state index is 0. The zero-order valence-electron chi connectivity index (χ0n) is 9.82. The van der Waals surface area contributed by atoms with Crippen molar-refractivity contribution in [1.82, 2.24) is 0 Å². The van der Waals surface area contributed by atoms with Crippen molar-refractivity contribution in [2.75, 3.05) is 0 Å². The number of hydrogen-bond acceptors (Lipinski definition) is 2. The molecule has 2 nitrogen and oxygen atoms in total. The minimum atomic E-state index is -0.0718. The van der Waals surface area contributed by atoms with Gasteiger partial charge in [0, 0.05) is 6.92 Å². The molecule has 0 N–H and O–H groups in total. The summed E-state index contributed by atoms with van der Waals surface area (Å²) in [6.45, 7) is 10.4. The van der Waals surface area contributed by atoms with Crippen LogP contribution in [0.4, 0.5) is 0 Å². The van der Waals surface area contributed by atoms with Gasteiger partial charge in [-0.1, -0.05) is 18.9 Å². The second kappa shape index (κ2) is 10.7. The van der Waals surface area contributed by atoms with Crippen LogP contribution >= 0.6 is 0 Å². The molecule has 0 saturated heterocycles. The fraction of sp³-hybridized carbons (Fsp3) is 0.538. The minimum Gasteiger partial charge on any atom is -0.295 e. The molecule has 0 aromatic carbocycles. The molecule has 0 aromatic rings. The van der Waals surface area contributed by atoms with Crippen LogP contribution in [-0.2, 0) is 9.59 Å². The number of carbonyl (C=O) groups is 2. The predicted octanol–water partition coefficient (Wildman–Crippen LogP) is 3.17. The molecule has 0 amide bonds. The Labute approximate surface area is 93.8 Å². The molecule has 0 aliphatic carbocycles. The molecule has 0 saturated carbocycles. The normalized spacial score (nSPS) is 6.80. The molecule has 0 rings (SSSR count). The summed E-state index contributed by atoms with van der Waals surface area (Å²) in [5.74, 6) is 4.89. The highest BCUT2D eigenvalue weighted by Crippen LogP contribution is 2.01. The zero-order valence-corrected chi connectivity index (χ0v) is 9.82. The molecule has 0 atom stereocenters. The molecule has 0 fully saturated rings. The van der Waals surface area contributed by atoms with Gasteiger partial charge in [0.25, 0.3) is 0 Å². The SMILES string of the molecule is C.CC#CC(C)=O.CC(=O)C(C)=C(C)C. The van der Waals surface area contributed by atoms with E-state index in [0.29, 0.717) is 0 Å². The van der Waals surface area contributed by atoms with Crippen molar-refractivity contribution in [2.24, 2.45) is 0 Å². The van der Waals surface area contributed by atoms with Crippen molar-refractivity contribution in [3.05, 3.63) is 11.1 Å². The fourth-order valence-electron chi connectivity index (χ4n) is 0.528. The number of hydrogen-bond donors (Lipinski definition) is 0. The first-order chi connectivity index (χ1) is 6.32. The molecule has 0 bridgehead atoms. The van der Waals surface area contributed by atoms with E-state index < -0.39 is 0 Å². The van der Waals surface area contributed by atoms with Gasteiger partial charge < -0.3 is 0 Å². The van der Waals surface area contributed by atoms with E-state index in [1.807, 2.05) is 20.8 Å². The number of carbonyl (C=O) groups excluding carboxylic acids is 2. The van der Waals surface area contributed by atoms with Crippen molar-refractivity contribution < 1.29 is 9.59 Å². The number of Topliss-reactive ketones (excluding diaryl/α,β-unsaturated/α-hetero) is 2. The Bertz CT molecular complexity index is 294. The van der Waals surface area contributed by atoms with Gasteiger partial charge in [0.15, 0.2) is 5.78 Å². The van der Waals surface area contributed by atoms with Gasteiger partial charge in [-0.25, -0.2) is 0 Å². The topological polar surface area (TPSA) is 34.1 Å². The van der Waals surface area contributed by atoms with E-state index in [0.717, 1.165) is 11.1 Å². The molecule has 0 unspecified atom stereocenters. The molecule has 0 spiro atoms. The average molecular weight is 210 g/mol. The zero-order chi connectivity index (χ0) is 11.7. The molecule has 2 heteroatoms. The quantitative estimate of drug-likeness (QED) is 0.378. The third kappa shape index (κ3) is 15.4. The Hall–Kier alpha value is -1.36. The van der Waals surface area contributed by atoms with Gasteiger partial charge in [-0.05, 0) is 46.1 Å². The number of ketones is 2. The Kier molecular flexibility index (Phi) is 13.8. The Morgan fingerprint density at radius 2 is 1.33 bits per heavy atom. The van der Waals surface area contributed by atoms with E-state index in [-0.39, 0.29) is 19.0 Å². The van der Waals surface area contributed by atoms with E-state index in [1.54, 1.807) is 13.8 Å². The summed E-state index contributed by atoms with van der Waals surface area (Å²) < 4.78 is 0. The smallest absolute Gasteiger partial charge is 0.202 e. The summed E-state index contributed by atoms with van der Waals surface area (Å²) in [6.07, 6.45) is 0. The van der Waals surface area contributed by atoms with Gasteiger partial charge in [-0.3, -0.25) is 9.59 Å². The Morgan fingerprint density at radius 3 is 1.33 bits per heavy atom. The predicted molar refractivity (Wildman–Crippen MR) is 65.6 cm³/mol. The summed E-state index contributed by atoms with van der Waals surface area (Å²) >= 11 is 0. The molecule has 0 aliphatic rings. The van der Waals surface area contributed by atoms with Crippen LogP contribution in [0.3, 0.4) is 0 Å². The van der Waals surface area contributed by atoms with Gasteiger partial charge >= 0.3 is 0 Å². The second-order valence-electron chi connectivity index (χ2n) is 3.11. The van der Waals surface area contributed by atoms with Crippen LogP contribution in [-0.4, -0.2) is 11.6 Å². The number of allylic oxidation sites excluding steroid dienone is 2. The highest BCUT2D eigenvalue weighted by atomic mass is 16.1. The third-order valence-electron chi connectivity index (χ3n) is 1.58. The van der Waals surface area contributed by atoms with Gasteiger partial charge in [-0.2, -0.15) is 0 Å². The molecular weight excluding hydrogens is 188 g/mol. The second-order valence-corrected chi connectivity index (χ2v) is 3.11. The highest BCUT2D eigenvalue weighted by molar-refractivity contribution is 5.93. The van der Waals surface area contributed by atoms with Crippen LogP contribution in [0.25, 0.3) is 0 Å². The van der Waals surface area contributed by atoms with Gasteiger partial charge in [0.1, 0.15) is 0 Å². The maximum atomic E-state index is 10.5. The van der Waals surface area contributed by atoms with E-state index in [4.69, 9.17) is 0 Å². The van der Waals surface area contributed by atoms with E-state index in [2.05, 4.69) is 11.8 Å². The Morgan fingerprint density at radius 1 is 0.933 bits per heavy atom. The summed E-state index contributed by atoms with van der Waals surface area (Å²) in [4.78, 5) is 20.4. The molecule has 0 heterocycles. The van der Waals surface area contributed by atoms with E-state index >= 15 is 0 Å². The highest BCUT2D eigenvalue weighted by Gasteiger charge is 1.95. The lowest BCUT2D eigenvalue weighted by molar-refractivity contribution is -0.113. The molecule has 0 aromatic heterocycles. The van der Waals surface area contributed by atoms with Crippen molar-refractivity contribution in [3.8, 4) is 11.8 Å². The molecule has 0 radical (unpaired) electrons. The third-order valence-corrected chi connectivity index (χ3v) is 1.58. The standard InChI is InChI=1S/C7H12O.C5H6O.CH4/c1-5(2)6(3)7(4)8;1-3-4-5(2)6;/h1-4H3;1-2H3;1H4. The maximum absolute atomic E-state index is 10.5. The van der Waals surface area contributed by atoms with Crippen molar-refractivity contribution in [3.63, 3.8) is 0 Å². The molecular formula is C13H22O2. The van der Waals surface area contributed by atoms with Crippen molar-refractivity contribution in [1.29, 1.82) is 0 Å². The fourth-order valence-corrected chi connectivity index (χ4v) is 0.528. The summed E-state index contributed by atoms with van der Waals surface area (Å²) in [6, 6.07) is 0. The van der Waals surface area contributed by atoms with Gasteiger partial charge in [0.2, 0.25) is 5.78 Å².